The van der Waals surface area contributed by atoms with Crippen LogP contribution < -0.4 is 10.6 Å². The zero-order chi connectivity index (χ0) is 21.7. The molecule has 0 bridgehead atoms. The number of sulfone groups is 1. The molecule has 3 aromatic rings. The molecule has 0 aliphatic rings. The predicted octanol–water partition coefficient (Wildman–Crippen LogP) is 4.04. The summed E-state index contributed by atoms with van der Waals surface area (Å²) in [6.45, 7) is 1.94. The van der Waals surface area contributed by atoms with Gasteiger partial charge in [0.1, 0.15) is 0 Å². The van der Waals surface area contributed by atoms with Crippen LogP contribution >= 0.6 is 0 Å². The van der Waals surface area contributed by atoms with E-state index in [1.54, 1.807) is 54.6 Å². The van der Waals surface area contributed by atoms with Gasteiger partial charge in [0.05, 0.1) is 17.0 Å². The molecule has 154 valence electrons. The van der Waals surface area contributed by atoms with Gasteiger partial charge in [-0.1, -0.05) is 36.4 Å². The molecule has 2 amide bonds. The van der Waals surface area contributed by atoms with Crippen molar-refractivity contribution in [3.63, 3.8) is 0 Å². The van der Waals surface area contributed by atoms with E-state index in [-0.39, 0.29) is 11.7 Å². The number of carbonyl (C=O) groups is 2. The highest BCUT2D eigenvalue weighted by atomic mass is 32.2. The van der Waals surface area contributed by atoms with Crippen molar-refractivity contribution in [1.82, 2.24) is 0 Å². The van der Waals surface area contributed by atoms with E-state index < -0.39 is 15.7 Å². The first-order chi connectivity index (χ1) is 14.2. The molecule has 30 heavy (non-hydrogen) atoms. The number of hydrogen-bond acceptors (Lipinski definition) is 4. The summed E-state index contributed by atoms with van der Waals surface area (Å²) in [7, 11) is -3.15. The van der Waals surface area contributed by atoms with Gasteiger partial charge in [0.25, 0.3) is 11.8 Å². The molecule has 0 atom stereocenters. The van der Waals surface area contributed by atoms with Crippen LogP contribution in [0.2, 0.25) is 0 Å². The number of para-hydroxylation sites is 1. The van der Waals surface area contributed by atoms with Crippen molar-refractivity contribution in [1.29, 1.82) is 0 Å². The second-order valence-corrected chi connectivity index (χ2v) is 9.23. The molecular weight excluding hydrogens is 400 g/mol. The number of aryl methyl sites for hydroxylation is 1. The number of anilines is 2. The van der Waals surface area contributed by atoms with E-state index in [0.717, 1.165) is 11.8 Å². The molecule has 3 aromatic carbocycles. The second-order valence-electron chi connectivity index (χ2n) is 7.09. The molecular formula is C23H22N2O4S. The van der Waals surface area contributed by atoms with Gasteiger partial charge in [-0.3, -0.25) is 9.59 Å². The van der Waals surface area contributed by atoms with Gasteiger partial charge < -0.3 is 10.6 Å². The summed E-state index contributed by atoms with van der Waals surface area (Å²) in [5.74, 6) is -0.812. The molecule has 0 radical (unpaired) electrons. The highest BCUT2D eigenvalue weighted by molar-refractivity contribution is 7.89. The van der Waals surface area contributed by atoms with E-state index >= 15 is 0 Å². The van der Waals surface area contributed by atoms with Crippen LogP contribution in [-0.4, -0.2) is 26.5 Å². The quantitative estimate of drug-likeness (QED) is 0.627. The van der Waals surface area contributed by atoms with Gasteiger partial charge in [0.2, 0.25) is 0 Å². The van der Waals surface area contributed by atoms with Gasteiger partial charge in [0.15, 0.2) is 9.84 Å². The Labute approximate surface area is 175 Å². The largest absolute Gasteiger partial charge is 0.322 e. The SMILES string of the molecule is Cc1cccc(NC(=O)c2ccccc2NC(=O)c2ccc(CS(C)(=O)=O)cc2)c1. The van der Waals surface area contributed by atoms with Crippen LogP contribution in [0.25, 0.3) is 0 Å². The molecule has 0 unspecified atom stereocenters. The Hall–Kier alpha value is -3.45. The van der Waals surface area contributed by atoms with E-state index in [1.807, 2.05) is 25.1 Å². The van der Waals surface area contributed by atoms with Crippen molar-refractivity contribution in [3.8, 4) is 0 Å². The van der Waals surface area contributed by atoms with Gasteiger partial charge >= 0.3 is 0 Å². The highest BCUT2D eigenvalue weighted by Crippen LogP contribution is 2.19. The molecule has 2 N–H and O–H groups in total. The third-order valence-electron chi connectivity index (χ3n) is 4.34. The molecule has 0 saturated heterocycles. The van der Waals surface area contributed by atoms with Crippen molar-refractivity contribution < 1.29 is 18.0 Å². The number of nitrogens with one attached hydrogen (secondary N) is 2. The molecule has 0 spiro atoms. The van der Waals surface area contributed by atoms with Gasteiger partial charge in [-0.05, 0) is 54.4 Å². The van der Waals surface area contributed by atoms with Crippen molar-refractivity contribution in [2.75, 3.05) is 16.9 Å². The average Bonchev–Trinajstić information content (AvgIpc) is 2.67. The minimum absolute atomic E-state index is 0.0864. The lowest BCUT2D eigenvalue weighted by molar-refractivity contribution is 0.102. The minimum atomic E-state index is -3.15. The van der Waals surface area contributed by atoms with E-state index in [9.17, 15) is 18.0 Å². The first-order valence-electron chi connectivity index (χ1n) is 9.26. The lowest BCUT2D eigenvalue weighted by Gasteiger charge is -2.12. The maximum absolute atomic E-state index is 12.7. The fraction of sp³-hybridized carbons (Fsp3) is 0.130. The fourth-order valence-corrected chi connectivity index (χ4v) is 3.76. The second kappa shape index (κ2) is 8.92. The Balaban J connectivity index is 1.75. The Morgan fingerprint density at radius 2 is 1.53 bits per heavy atom. The van der Waals surface area contributed by atoms with Crippen LogP contribution in [0.5, 0.6) is 0 Å². The normalized spacial score (nSPS) is 11.0. The third kappa shape index (κ3) is 5.78. The molecule has 0 aliphatic heterocycles. The fourth-order valence-electron chi connectivity index (χ4n) is 2.96. The number of amides is 2. The molecule has 0 saturated carbocycles. The zero-order valence-electron chi connectivity index (χ0n) is 16.7. The van der Waals surface area contributed by atoms with E-state index in [1.165, 1.54) is 0 Å². The van der Waals surface area contributed by atoms with Crippen molar-refractivity contribution in [2.45, 2.75) is 12.7 Å². The lowest BCUT2D eigenvalue weighted by Crippen LogP contribution is -2.18. The summed E-state index contributed by atoms with van der Waals surface area (Å²) in [6.07, 6.45) is 1.16. The van der Waals surface area contributed by atoms with Gasteiger partial charge in [-0.15, -0.1) is 0 Å². The zero-order valence-corrected chi connectivity index (χ0v) is 17.5. The standard InChI is InChI=1S/C23H22N2O4S/c1-16-6-5-7-19(14-16)24-23(27)20-8-3-4-9-21(20)25-22(26)18-12-10-17(11-13-18)15-30(2,28)29/h3-14H,15H2,1-2H3,(H,24,27)(H,25,26). The van der Waals surface area contributed by atoms with E-state index in [4.69, 9.17) is 0 Å². The number of benzene rings is 3. The third-order valence-corrected chi connectivity index (χ3v) is 5.20. The maximum atomic E-state index is 12.7. The molecule has 3 rings (SSSR count). The Morgan fingerprint density at radius 1 is 0.833 bits per heavy atom. The maximum Gasteiger partial charge on any atom is 0.257 e. The molecule has 0 aliphatic carbocycles. The molecule has 6 nitrogen and oxygen atoms in total. The monoisotopic (exact) mass is 422 g/mol. The summed E-state index contributed by atoms with van der Waals surface area (Å²) in [4.78, 5) is 25.3. The van der Waals surface area contributed by atoms with Crippen molar-refractivity contribution >= 4 is 33.0 Å². The van der Waals surface area contributed by atoms with Crippen molar-refractivity contribution in [2.24, 2.45) is 0 Å². The summed E-state index contributed by atoms with van der Waals surface area (Å²) >= 11 is 0. The lowest BCUT2D eigenvalue weighted by atomic mass is 10.1. The van der Waals surface area contributed by atoms with Crippen LogP contribution in [0, 0.1) is 6.92 Å². The summed E-state index contributed by atoms with van der Waals surface area (Å²) < 4.78 is 22.8. The summed E-state index contributed by atoms with van der Waals surface area (Å²) in [5.41, 5.74) is 3.37. The Kier molecular flexibility index (Phi) is 6.32. The molecule has 0 fully saturated rings. The number of hydrogen-bond donors (Lipinski definition) is 2. The first-order valence-corrected chi connectivity index (χ1v) is 11.3. The Bertz CT molecular complexity index is 1190. The van der Waals surface area contributed by atoms with Crippen molar-refractivity contribution in [3.05, 3.63) is 95.1 Å². The molecule has 7 heteroatoms. The molecule has 0 heterocycles. The van der Waals surface area contributed by atoms with E-state index in [2.05, 4.69) is 10.6 Å². The van der Waals surface area contributed by atoms with Gasteiger partial charge in [-0.2, -0.15) is 0 Å². The Morgan fingerprint density at radius 3 is 2.20 bits per heavy atom. The predicted molar refractivity (Wildman–Crippen MR) is 119 cm³/mol. The summed E-state index contributed by atoms with van der Waals surface area (Å²) in [5, 5.41) is 5.59. The number of rotatable bonds is 6. The van der Waals surface area contributed by atoms with Gasteiger partial charge in [0, 0.05) is 17.5 Å². The summed E-state index contributed by atoms with van der Waals surface area (Å²) in [6, 6.07) is 20.5. The minimum Gasteiger partial charge on any atom is -0.322 e. The first kappa shape index (κ1) is 21.3. The smallest absolute Gasteiger partial charge is 0.257 e. The van der Waals surface area contributed by atoms with Crippen LogP contribution in [0.4, 0.5) is 11.4 Å². The van der Waals surface area contributed by atoms with Crippen LogP contribution in [0.1, 0.15) is 31.8 Å². The van der Waals surface area contributed by atoms with E-state index in [0.29, 0.717) is 28.1 Å². The average molecular weight is 423 g/mol. The van der Waals surface area contributed by atoms with Gasteiger partial charge in [-0.25, -0.2) is 8.42 Å². The van der Waals surface area contributed by atoms with Crippen LogP contribution in [0.15, 0.2) is 72.8 Å². The molecule has 0 aromatic heterocycles. The topological polar surface area (TPSA) is 92.3 Å². The highest BCUT2D eigenvalue weighted by Gasteiger charge is 2.15. The van der Waals surface area contributed by atoms with Crippen LogP contribution in [0.3, 0.4) is 0 Å². The number of carbonyl (C=O) groups excluding carboxylic acids is 2. The van der Waals surface area contributed by atoms with Crippen LogP contribution in [-0.2, 0) is 15.6 Å².